The molecule has 214 valence electrons. The van der Waals surface area contributed by atoms with E-state index in [0.717, 1.165) is 28.2 Å². The molecule has 0 bridgehead atoms. The summed E-state index contributed by atoms with van der Waals surface area (Å²) in [5, 5.41) is 16.9. The van der Waals surface area contributed by atoms with Crippen molar-refractivity contribution >= 4 is 28.7 Å². The van der Waals surface area contributed by atoms with E-state index in [0.29, 0.717) is 55.5 Å². The Morgan fingerprint density at radius 2 is 2.07 bits per heavy atom. The van der Waals surface area contributed by atoms with Crippen molar-refractivity contribution in [1.82, 2.24) is 24.6 Å². The normalized spacial score (nSPS) is 17.3. The summed E-state index contributed by atoms with van der Waals surface area (Å²) in [4.78, 5) is 26.6. The molecule has 0 radical (unpaired) electrons. The van der Waals surface area contributed by atoms with Gasteiger partial charge in [-0.05, 0) is 57.8 Å². The molecule has 0 saturated carbocycles. The molecule has 1 fully saturated rings. The number of carbonyl (C=O) groups is 1. The van der Waals surface area contributed by atoms with Crippen LogP contribution in [0.1, 0.15) is 35.5 Å². The fourth-order valence-corrected chi connectivity index (χ4v) is 5.55. The first-order valence-corrected chi connectivity index (χ1v) is 13.7. The second-order valence-electron chi connectivity index (χ2n) is 11.4. The number of fused-ring (bicyclic) bond motifs is 2. The summed E-state index contributed by atoms with van der Waals surface area (Å²) in [5.74, 6) is 0.104. The van der Waals surface area contributed by atoms with Gasteiger partial charge < -0.3 is 30.3 Å². The van der Waals surface area contributed by atoms with Crippen LogP contribution in [0.25, 0.3) is 16.9 Å². The average molecular weight is 560 g/mol. The van der Waals surface area contributed by atoms with E-state index < -0.39 is 5.60 Å². The van der Waals surface area contributed by atoms with E-state index in [2.05, 4.69) is 25.4 Å². The van der Waals surface area contributed by atoms with Crippen molar-refractivity contribution in [3.8, 4) is 11.3 Å². The highest BCUT2D eigenvalue weighted by Gasteiger charge is 2.33. The molecule has 10 nitrogen and oxygen atoms in total. The van der Waals surface area contributed by atoms with Gasteiger partial charge in [-0.3, -0.25) is 9.20 Å². The van der Waals surface area contributed by atoms with Crippen LogP contribution in [-0.4, -0.2) is 75.8 Å². The van der Waals surface area contributed by atoms with Gasteiger partial charge in [0.2, 0.25) is 0 Å². The maximum Gasteiger partial charge on any atom is 0.254 e. The Bertz CT molecular complexity index is 1630. The highest BCUT2D eigenvalue weighted by molar-refractivity contribution is 6.06. The zero-order valence-corrected chi connectivity index (χ0v) is 23.6. The average Bonchev–Trinajstić information content (AvgIpc) is 3.52. The number of nitrogens with zero attached hydrogens (tertiary/aromatic N) is 5. The predicted octanol–water partition coefficient (Wildman–Crippen LogP) is 3.56. The zero-order chi connectivity index (χ0) is 28.9. The SMILES string of the molecule is CN(C)Cc1nc(Nc2ccc(-c3cnc4cc(F)ccn34)c3c2C(=O)NC3)ccc1N1CCOC(C(C)(C)O)C1. The van der Waals surface area contributed by atoms with Crippen molar-refractivity contribution in [1.29, 1.82) is 0 Å². The summed E-state index contributed by atoms with van der Waals surface area (Å²) < 4.78 is 21.4. The lowest BCUT2D eigenvalue weighted by Gasteiger charge is -2.40. The molecule has 0 aliphatic carbocycles. The first kappa shape index (κ1) is 27.1. The summed E-state index contributed by atoms with van der Waals surface area (Å²) in [6, 6.07) is 10.5. The van der Waals surface area contributed by atoms with E-state index in [1.807, 2.05) is 42.8 Å². The van der Waals surface area contributed by atoms with Crippen LogP contribution in [0.4, 0.5) is 21.6 Å². The summed E-state index contributed by atoms with van der Waals surface area (Å²) >= 11 is 0. The van der Waals surface area contributed by atoms with Crippen molar-refractivity contribution in [3.63, 3.8) is 0 Å². The number of aromatic nitrogens is 3. The Kier molecular flexibility index (Phi) is 6.88. The van der Waals surface area contributed by atoms with Crippen LogP contribution in [0.5, 0.6) is 0 Å². The number of pyridine rings is 2. The second kappa shape index (κ2) is 10.4. The minimum absolute atomic E-state index is 0.166. The molecule has 1 aromatic carbocycles. The van der Waals surface area contributed by atoms with Crippen LogP contribution >= 0.6 is 0 Å². The highest BCUT2D eigenvalue weighted by atomic mass is 19.1. The Balaban J connectivity index is 1.34. The second-order valence-corrected chi connectivity index (χ2v) is 11.4. The lowest BCUT2D eigenvalue weighted by molar-refractivity contribution is -0.0928. The Hall–Kier alpha value is -4.06. The first-order valence-electron chi connectivity index (χ1n) is 13.7. The van der Waals surface area contributed by atoms with Crippen molar-refractivity contribution in [2.24, 2.45) is 0 Å². The third-order valence-corrected chi connectivity index (χ3v) is 7.59. The molecule has 2 aliphatic heterocycles. The summed E-state index contributed by atoms with van der Waals surface area (Å²) in [6.45, 7) is 6.30. The minimum atomic E-state index is -0.957. The fourth-order valence-electron chi connectivity index (χ4n) is 5.55. The number of ether oxygens (including phenoxy) is 1. The van der Waals surface area contributed by atoms with Crippen molar-refractivity contribution in [2.75, 3.05) is 44.0 Å². The van der Waals surface area contributed by atoms with E-state index in [1.165, 1.54) is 12.1 Å². The number of rotatable bonds is 7. The topological polar surface area (TPSA) is 107 Å². The maximum atomic E-state index is 13.7. The van der Waals surface area contributed by atoms with Gasteiger partial charge in [0.1, 0.15) is 23.4 Å². The van der Waals surface area contributed by atoms with Gasteiger partial charge in [-0.2, -0.15) is 0 Å². The largest absolute Gasteiger partial charge is 0.388 e. The van der Waals surface area contributed by atoms with Crippen molar-refractivity contribution in [2.45, 2.75) is 38.6 Å². The van der Waals surface area contributed by atoms with Crippen LogP contribution in [0.2, 0.25) is 0 Å². The Morgan fingerprint density at radius 1 is 1.24 bits per heavy atom. The molecule has 41 heavy (non-hydrogen) atoms. The van der Waals surface area contributed by atoms with E-state index in [9.17, 15) is 14.3 Å². The van der Waals surface area contributed by atoms with Crippen molar-refractivity contribution in [3.05, 3.63) is 71.4 Å². The van der Waals surface area contributed by atoms with Crippen LogP contribution in [-0.2, 0) is 17.8 Å². The molecule has 1 saturated heterocycles. The highest BCUT2D eigenvalue weighted by Crippen LogP contribution is 2.36. The monoisotopic (exact) mass is 559 g/mol. The number of amides is 1. The van der Waals surface area contributed by atoms with Crippen LogP contribution in [0.15, 0.2) is 48.8 Å². The number of nitrogens with one attached hydrogen (secondary N) is 2. The molecule has 1 atom stereocenters. The van der Waals surface area contributed by atoms with Gasteiger partial charge in [0, 0.05) is 44.0 Å². The number of anilines is 3. The molecule has 3 N–H and O–H groups in total. The van der Waals surface area contributed by atoms with Gasteiger partial charge in [0.15, 0.2) is 0 Å². The summed E-state index contributed by atoms with van der Waals surface area (Å²) in [5.41, 5.74) is 5.11. The third kappa shape index (κ3) is 5.23. The Morgan fingerprint density at radius 3 is 2.85 bits per heavy atom. The molecule has 1 amide bonds. The molecule has 3 aromatic heterocycles. The molecule has 2 aliphatic rings. The van der Waals surface area contributed by atoms with Crippen LogP contribution < -0.4 is 15.5 Å². The standard InChI is InChI=1S/C30H34FN7O3/c1-30(2,40)25-17-37(11-12-41-25)23-7-8-26(35-22(23)16-36(3)4)34-21-6-5-19(20-14-33-29(39)28(20)21)24-15-32-27-13-18(31)9-10-38(24)27/h5-10,13,15,25,40H,11-12,14,16-17H2,1-4H3,(H,33,39)(H,34,35). The number of morpholine rings is 1. The molecule has 1 unspecified atom stereocenters. The summed E-state index contributed by atoms with van der Waals surface area (Å²) in [6.07, 6.45) is 3.03. The number of benzene rings is 1. The number of aliphatic hydroxyl groups is 1. The maximum absolute atomic E-state index is 13.7. The molecule has 6 rings (SSSR count). The summed E-state index contributed by atoms with van der Waals surface area (Å²) in [7, 11) is 3.99. The quantitative estimate of drug-likeness (QED) is 0.316. The lowest BCUT2D eigenvalue weighted by atomic mass is 9.99. The molecule has 5 heterocycles. The fraction of sp³-hybridized carbons (Fsp3) is 0.367. The van der Waals surface area contributed by atoms with Gasteiger partial charge in [0.05, 0.1) is 46.7 Å². The molecule has 4 aromatic rings. The third-order valence-electron chi connectivity index (χ3n) is 7.59. The van der Waals surface area contributed by atoms with E-state index >= 15 is 0 Å². The van der Waals surface area contributed by atoms with Gasteiger partial charge >= 0.3 is 0 Å². The number of hydrogen-bond donors (Lipinski definition) is 3. The van der Waals surface area contributed by atoms with E-state index in [4.69, 9.17) is 9.72 Å². The number of halogens is 1. The predicted molar refractivity (Wildman–Crippen MR) is 155 cm³/mol. The number of carbonyl (C=O) groups excluding carboxylic acids is 1. The zero-order valence-electron chi connectivity index (χ0n) is 23.6. The smallest absolute Gasteiger partial charge is 0.254 e. The van der Waals surface area contributed by atoms with Gasteiger partial charge in [0.25, 0.3) is 5.91 Å². The first-order chi connectivity index (χ1) is 19.6. The molecular weight excluding hydrogens is 525 g/mol. The molecule has 0 spiro atoms. The Labute approximate surface area is 237 Å². The number of hydrogen-bond acceptors (Lipinski definition) is 8. The molecular formula is C30H34FN7O3. The lowest BCUT2D eigenvalue weighted by Crippen LogP contribution is -2.52. The molecule has 11 heteroatoms. The van der Waals surface area contributed by atoms with Gasteiger partial charge in [-0.1, -0.05) is 6.07 Å². The van der Waals surface area contributed by atoms with Gasteiger partial charge in [-0.15, -0.1) is 0 Å². The van der Waals surface area contributed by atoms with Crippen LogP contribution in [0, 0.1) is 5.82 Å². The van der Waals surface area contributed by atoms with Gasteiger partial charge in [-0.25, -0.2) is 14.4 Å². The van der Waals surface area contributed by atoms with E-state index in [-0.39, 0.29) is 17.8 Å². The van der Waals surface area contributed by atoms with E-state index in [1.54, 1.807) is 26.2 Å². The number of imidazole rings is 1. The van der Waals surface area contributed by atoms with Crippen molar-refractivity contribution < 1.29 is 19.0 Å². The minimum Gasteiger partial charge on any atom is -0.388 e. The van der Waals surface area contributed by atoms with Crippen LogP contribution in [0.3, 0.4) is 0 Å².